The third-order valence-electron chi connectivity index (χ3n) is 2.68. The summed E-state index contributed by atoms with van der Waals surface area (Å²) in [6.45, 7) is 2.37. The average molecular weight is 274 g/mol. The van der Waals surface area contributed by atoms with Crippen molar-refractivity contribution in [2.75, 3.05) is 0 Å². The number of halogens is 2. The molecule has 1 atom stereocenters. The van der Waals surface area contributed by atoms with E-state index in [1.807, 2.05) is 6.92 Å². The van der Waals surface area contributed by atoms with Crippen LogP contribution in [0.4, 0.5) is 4.39 Å². The first kappa shape index (κ1) is 14.9. The Bertz CT molecular complexity index is 412. The number of benzene rings is 1. The molecule has 0 fully saturated rings. The molecule has 1 unspecified atom stereocenters. The molecule has 0 aliphatic heterocycles. The fourth-order valence-corrected chi connectivity index (χ4v) is 1.81. The molecule has 0 saturated carbocycles. The highest BCUT2D eigenvalue weighted by atomic mass is 35.5. The molecule has 0 bridgehead atoms. The number of carboxylic acid groups (broad SMARTS) is 1. The minimum absolute atomic E-state index is 0.0507. The van der Waals surface area contributed by atoms with E-state index in [4.69, 9.17) is 16.7 Å². The predicted octanol–water partition coefficient (Wildman–Crippen LogP) is 3.21. The van der Waals surface area contributed by atoms with Crippen LogP contribution in [-0.2, 0) is 11.3 Å². The van der Waals surface area contributed by atoms with Gasteiger partial charge in [-0.25, -0.2) is 4.39 Å². The fourth-order valence-electron chi connectivity index (χ4n) is 1.61. The molecule has 0 radical (unpaired) electrons. The molecule has 3 nitrogen and oxygen atoms in total. The number of nitrogens with one attached hydrogen (secondary N) is 1. The van der Waals surface area contributed by atoms with Gasteiger partial charge >= 0.3 is 5.97 Å². The minimum Gasteiger partial charge on any atom is -0.480 e. The standard InChI is InChI=1S/C13H17ClFNO2/c1-2-3-4-12(13(17)18)16-8-9-5-6-11(15)10(14)7-9/h5-7,12,16H,2-4,8H2,1H3,(H,17,18). The monoisotopic (exact) mass is 273 g/mol. The number of unbranched alkanes of at least 4 members (excludes halogenated alkanes) is 1. The minimum atomic E-state index is -0.864. The zero-order valence-electron chi connectivity index (χ0n) is 10.2. The van der Waals surface area contributed by atoms with Gasteiger partial charge in [0.1, 0.15) is 11.9 Å². The van der Waals surface area contributed by atoms with Gasteiger partial charge in [-0.05, 0) is 24.1 Å². The van der Waals surface area contributed by atoms with E-state index in [9.17, 15) is 9.18 Å². The van der Waals surface area contributed by atoms with Crippen molar-refractivity contribution in [2.24, 2.45) is 0 Å². The smallest absolute Gasteiger partial charge is 0.320 e. The first-order valence-corrected chi connectivity index (χ1v) is 6.32. The Hall–Kier alpha value is -1.13. The van der Waals surface area contributed by atoms with Crippen LogP contribution in [0.2, 0.25) is 5.02 Å². The Labute approximate surface area is 111 Å². The molecule has 1 aromatic carbocycles. The molecule has 2 N–H and O–H groups in total. The third-order valence-corrected chi connectivity index (χ3v) is 2.97. The van der Waals surface area contributed by atoms with Crippen LogP contribution in [0.3, 0.4) is 0 Å². The van der Waals surface area contributed by atoms with E-state index < -0.39 is 17.8 Å². The van der Waals surface area contributed by atoms with Crippen LogP contribution in [0.5, 0.6) is 0 Å². The molecule has 1 rings (SSSR count). The number of aliphatic carboxylic acids is 1. The maximum absolute atomic E-state index is 12.9. The molecule has 18 heavy (non-hydrogen) atoms. The van der Waals surface area contributed by atoms with Crippen molar-refractivity contribution < 1.29 is 14.3 Å². The molecule has 0 spiro atoms. The largest absolute Gasteiger partial charge is 0.480 e. The molecule has 5 heteroatoms. The Morgan fingerprint density at radius 2 is 2.28 bits per heavy atom. The Morgan fingerprint density at radius 3 is 2.83 bits per heavy atom. The summed E-state index contributed by atoms with van der Waals surface area (Å²) in [7, 11) is 0. The van der Waals surface area contributed by atoms with Crippen LogP contribution in [0.15, 0.2) is 18.2 Å². The second kappa shape index (κ2) is 7.34. The first-order valence-electron chi connectivity index (χ1n) is 5.94. The lowest BCUT2D eigenvalue weighted by molar-refractivity contribution is -0.139. The summed E-state index contributed by atoms with van der Waals surface area (Å²) in [5.74, 6) is -1.34. The molecule has 0 aliphatic rings. The molecule has 1 aromatic rings. The average Bonchev–Trinajstić information content (AvgIpc) is 2.33. The molecule has 0 heterocycles. The van der Waals surface area contributed by atoms with Gasteiger partial charge in [-0.1, -0.05) is 37.4 Å². The number of carboxylic acids is 1. The van der Waals surface area contributed by atoms with Gasteiger partial charge in [0, 0.05) is 6.54 Å². The lowest BCUT2D eigenvalue weighted by atomic mass is 10.1. The number of rotatable bonds is 7. The van der Waals surface area contributed by atoms with E-state index >= 15 is 0 Å². The van der Waals surface area contributed by atoms with Crippen molar-refractivity contribution in [1.29, 1.82) is 0 Å². The van der Waals surface area contributed by atoms with Crippen molar-refractivity contribution in [3.63, 3.8) is 0 Å². The molecule has 0 saturated heterocycles. The summed E-state index contributed by atoms with van der Waals surface area (Å²) in [6.07, 6.45) is 2.39. The van der Waals surface area contributed by atoms with Gasteiger partial charge in [0.25, 0.3) is 0 Å². The highest BCUT2D eigenvalue weighted by Gasteiger charge is 2.15. The van der Waals surface area contributed by atoms with Gasteiger partial charge in [0.15, 0.2) is 0 Å². The Morgan fingerprint density at radius 1 is 1.56 bits per heavy atom. The maximum Gasteiger partial charge on any atom is 0.320 e. The normalized spacial score (nSPS) is 12.4. The van der Waals surface area contributed by atoms with E-state index in [0.29, 0.717) is 13.0 Å². The van der Waals surface area contributed by atoms with Crippen LogP contribution >= 0.6 is 11.6 Å². The Kier molecular flexibility index (Phi) is 6.09. The summed E-state index contributed by atoms with van der Waals surface area (Å²) >= 11 is 5.66. The second-order valence-corrected chi connectivity index (χ2v) is 4.57. The first-order chi connectivity index (χ1) is 8.54. The summed E-state index contributed by atoms with van der Waals surface area (Å²) in [4.78, 5) is 11.0. The summed E-state index contributed by atoms with van der Waals surface area (Å²) in [6, 6.07) is 3.80. The van der Waals surface area contributed by atoms with Crippen LogP contribution in [0, 0.1) is 5.82 Å². The van der Waals surface area contributed by atoms with E-state index in [1.165, 1.54) is 12.1 Å². The van der Waals surface area contributed by atoms with Crippen molar-refractivity contribution in [3.05, 3.63) is 34.6 Å². The quantitative estimate of drug-likeness (QED) is 0.802. The van der Waals surface area contributed by atoms with Crippen LogP contribution in [0.1, 0.15) is 31.7 Å². The van der Waals surface area contributed by atoms with Crippen molar-refractivity contribution in [1.82, 2.24) is 5.32 Å². The lowest BCUT2D eigenvalue weighted by Crippen LogP contribution is -2.36. The Balaban J connectivity index is 2.55. The van der Waals surface area contributed by atoms with Crippen LogP contribution in [-0.4, -0.2) is 17.1 Å². The fraction of sp³-hybridized carbons (Fsp3) is 0.462. The van der Waals surface area contributed by atoms with E-state index in [-0.39, 0.29) is 5.02 Å². The highest BCUT2D eigenvalue weighted by molar-refractivity contribution is 6.30. The highest BCUT2D eigenvalue weighted by Crippen LogP contribution is 2.16. The van der Waals surface area contributed by atoms with Gasteiger partial charge in [-0.15, -0.1) is 0 Å². The summed E-state index contributed by atoms with van der Waals surface area (Å²) in [5, 5.41) is 12.0. The summed E-state index contributed by atoms with van der Waals surface area (Å²) in [5.41, 5.74) is 0.768. The van der Waals surface area contributed by atoms with Crippen LogP contribution in [0.25, 0.3) is 0 Å². The molecular formula is C13H17ClFNO2. The summed E-state index contributed by atoms with van der Waals surface area (Å²) < 4.78 is 12.9. The van der Waals surface area contributed by atoms with Gasteiger partial charge in [0.05, 0.1) is 5.02 Å². The third kappa shape index (κ3) is 4.63. The van der Waals surface area contributed by atoms with E-state index in [1.54, 1.807) is 6.07 Å². The number of hydrogen-bond acceptors (Lipinski definition) is 2. The second-order valence-electron chi connectivity index (χ2n) is 4.16. The van der Waals surface area contributed by atoms with Crippen molar-refractivity contribution in [2.45, 2.75) is 38.8 Å². The van der Waals surface area contributed by atoms with Crippen molar-refractivity contribution >= 4 is 17.6 Å². The van der Waals surface area contributed by atoms with Crippen LogP contribution < -0.4 is 5.32 Å². The van der Waals surface area contributed by atoms with Gasteiger partial charge in [0.2, 0.25) is 0 Å². The van der Waals surface area contributed by atoms with E-state index in [0.717, 1.165) is 18.4 Å². The van der Waals surface area contributed by atoms with Gasteiger partial charge < -0.3 is 10.4 Å². The maximum atomic E-state index is 12.9. The molecular weight excluding hydrogens is 257 g/mol. The predicted molar refractivity (Wildman–Crippen MR) is 69.2 cm³/mol. The topological polar surface area (TPSA) is 49.3 Å². The molecule has 100 valence electrons. The number of hydrogen-bond donors (Lipinski definition) is 2. The van der Waals surface area contributed by atoms with Crippen molar-refractivity contribution in [3.8, 4) is 0 Å². The molecule has 0 amide bonds. The molecule has 0 aromatic heterocycles. The zero-order valence-corrected chi connectivity index (χ0v) is 11.0. The van der Waals surface area contributed by atoms with E-state index in [2.05, 4.69) is 5.32 Å². The van der Waals surface area contributed by atoms with Gasteiger partial charge in [-0.3, -0.25) is 4.79 Å². The van der Waals surface area contributed by atoms with Gasteiger partial charge in [-0.2, -0.15) is 0 Å². The number of carbonyl (C=O) groups is 1. The lowest BCUT2D eigenvalue weighted by Gasteiger charge is -2.14. The SMILES string of the molecule is CCCCC(NCc1ccc(F)c(Cl)c1)C(=O)O. The zero-order chi connectivity index (χ0) is 13.5. The molecule has 0 aliphatic carbocycles.